The zero-order valence-electron chi connectivity index (χ0n) is 11.2. The van der Waals surface area contributed by atoms with Gasteiger partial charge in [0.15, 0.2) is 0 Å². The van der Waals surface area contributed by atoms with Crippen LogP contribution in [0.5, 0.6) is 0 Å². The Balaban J connectivity index is 2.28. The van der Waals surface area contributed by atoms with Crippen molar-refractivity contribution >= 4 is 5.69 Å². The molecule has 2 rings (SSSR count). The summed E-state index contributed by atoms with van der Waals surface area (Å²) in [6.07, 6.45) is 3.82. The van der Waals surface area contributed by atoms with Crippen molar-refractivity contribution in [3.8, 4) is 0 Å². The second kappa shape index (κ2) is 4.69. The van der Waals surface area contributed by atoms with E-state index in [1.54, 1.807) is 0 Å². The van der Waals surface area contributed by atoms with Gasteiger partial charge < -0.3 is 10.6 Å². The van der Waals surface area contributed by atoms with Crippen molar-refractivity contribution in [1.82, 2.24) is 0 Å². The van der Waals surface area contributed by atoms with Gasteiger partial charge in [-0.3, -0.25) is 0 Å². The number of hydrogen-bond donors (Lipinski definition) is 1. The first-order valence-corrected chi connectivity index (χ1v) is 6.61. The number of benzene rings is 1. The fourth-order valence-electron chi connectivity index (χ4n) is 3.19. The van der Waals surface area contributed by atoms with Gasteiger partial charge in [-0.05, 0) is 37.8 Å². The van der Waals surface area contributed by atoms with Crippen LogP contribution >= 0.6 is 0 Å². The summed E-state index contributed by atoms with van der Waals surface area (Å²) in [5.41, 5.74) is 8.84. The fraction of sp³-hybridized carbons (Fsp3) is 0.600. The van der Waals surface area contributed by atoms with Gasteiger partial charge in [0, 0.05) is 19.3 Å². The summed E-state index contributed by atoms with van der Waals surface area (Å²) >= 11 is 0. The Hall–Kier alpha value is -1.02. The molecule has 1 fully saturated rings. The molecular weight excluding hydrogens is 208 g/mol. The molecule has 0 heterocycles. The molecule has 0 bridgehead atoms. The number of aryl methyl sites for hydroxylation is 1. The van der Waals surface area contributed by atoms with Crippen molar-refractivity contribution in [2.45, 2.75) is 38.6 Å². The highest BCUT2D eigenvalue weighted by atomic mass is 15.2. The lowest BCUT2D eigenvalue weighted by molar-refractivity contribution is 0.331. The molecule has 0 aliphatic heterocycles. The predicted molar refractivity (Wildman–Crippen MR) is 74.4 cm³/mol. The van der Waals surface area contributed by atoms with E-state index in [9.17, 15) is 0 Å². The first kappa shape index (κ1) is 12.4. The second-order valence-corrected chi connectivity index (χ2v) is 5.50. The van der Waals surface area contributed by atoms with Gasteiger partial charge in [0.1, 0.15) is 0 Å². The minimum absolute atomic E-state index is 0.162. The molecule has 2 heteroatoms. The molecule has 0 amide bonds. The summed E-state index contributed by atoms with van der Waals surface area (Å²) in [5, 5.41) is 0. The first-order valence-electron chi connectivity index (χ1n) is 6.61. The van der Waals surface area contributed by atoms with Crippen LogP contribution in [-0.4, -0.2) is 19.1 Å². The molecule has 0 spiro atoms. The van der Waals surface area contributed by atoms with Crippen molar-refractivity contribution in [2.75, 3.05) is 18.5 Å². The maximum atomic E-state index is 6.09. The van der Waals surface area contributed by atoms with Gasteiger partial charge >= 0.3 is 0 Å². The van der Waals surface area contributed by atoms with E-state index in [1.807, 2.05) is 0 Å². The van der Waals surface area contributed by atoms with E-state index in [4.69, 9.17) is 5.73 Å². The summed E-state index contributed by atoms with van der Waals surface area (Å²) in [4.78, 5) is 2.41. The van der Waals surface area contributed by atoms with Crippen molar-refractivity contribution in [1.29, 1.82) is 0 Å². The van der Waals surface area contributed by atoms with Gasteiger partial charge in [-0.1, -0.05) is 31.0 Å². The number of rotatable bonds is 3. The van der Waals surface area contributed by atoms with Crippen LogP contribution in [-0.2, 0) is 0 Å². The molecule has 1 aromatic carbocycles. The van der Waals surface area contributed by atoms with Crippen molar-refractivity contribution in [3.05, 3.63) is 29.8 Å². The minimum atomic E-state index is 0.162. The molecule has 0 radical (unpaired) electrons. The third-order valence-corrected chi connectivity index (χ3v) is 4.61. The quantitative estimate of drug-likeness (QED) is 0.868. The monoisotopic (exact) mass is 232 g/mol. The Morgan fingerprint density at radius 1 is 1.35 bits per heavy atom. The average molecular weight is 232 g/mol. The Labute approximate surface area is 105 Å². The van der Waals surface area contributed by atoms with Crippen molar-refractivity contribution in [2.24, 2.45) is 11.7 Å². The van der Waals surface area contributed by atoms with Crippen molar-refractivity contribution < 1.29 is 0 Å². The van der Waals surface area contributed by atoms with Crippen LogP contribution < -0.4 is 10.6 Å². The molecule has 2 nitrogen and oxygen atoms in total. The van der Waals surface area contributed by atoms with Crippen LogP contribution in [0.15, 0.2) is 24.3 Å². The number of likely N-dealkylation sites (N-methyl/N-ethyl adjacent to an activating group) is 1. The van der Waals surface area contributed by atoms with Crippen LogP contribution in [0.2, 0.25) is 0 Å². The first-order chi connectivity index (χ1) is 8.10. The van der Waals surface area contributed by atoms with Crippen LogP contribution in [0, 0.1) is 12.8 Å². The molecule has 1 aliphatic rings. The lowest BCUT2D eigenvalue weighted by atomic mass is 9.86. The lowest BCUT2D eigenvalue weighted by Gasteiger charge is -2.43. The Bertz CT molecular complexity index is 371. The van der Waals surface area contributed by atoms with E-state index in [-0.39, 0.29) is 5.54 Å². The number of hydrogen-bond acceptors (Lipinski definition) is 2. The standard InChI is InChI=1S/C15H24N2/c1-12-6-8-14(9-7-12)17(3)15(11-16)10-4-5-13(15)2/h6-9,13H,4-5,10-11,16H2,1-3H3. The topological polar surface area (TPSA) is 29.3 Å². The zero-order chi connectivity index (χ0) is 12.5. The van der Waals surface area contributed by atoms with E-state index in [0.29, 0.717) is 5.92 Å². The molecular formula is C15H24N2. The molecule has 2 unspecified atom stereocenters. The molecule has 1 aliphatic carbocycles. The molecule has 17 heavy (non-hydrogen) atoms. The highest BCUT2D eigenvalue weighted by Crippen LogP contribution is 2.40. The Morgan fingerprint density at radius 2 is 2.00 bits per heavy atom. The Morgan fingerprint density at radius 3 is 2.47 bits per heavy atom. The number of nitrogens with zero attached hydrogens (tertiary/aromatic N) is 1. The summed E-state index contributed by atoms with van der Waals surface area (Å²) in [5.74, 6) is 0.679. The SMILES string of the molecule is Cc1ccc(N(C)C2(CN)CCCC2C)cc1. The molecule has 1 saturated carbocycles. The van der Waals surface area contributed by atoms with E-state index < -0.39 is 0 Å². The van der Waals surface area contributed by atoms with E-state index >= 15 is 0 Å². The van der Waals surface area contributed by atoms with E-state index in [1.165, 1.54) is 30.5 Å². The lowest BCUT2D eigenvalue weighted by Crippen LogP contribution is -2.54. The molecule has 0 aromatic heterocycles. The number of anilines is 1. The number of nitrogens with two attached hydrogens (primary N) is 1. The zero-order valence-corrected chi connectivity index (χ0v) is 11.2. The predicted octanol–water partition coefficient (Wildman–Crippen LogP) is 2.95. The summed E-state index contributed by atoms with van der Waals surface area (Å²) in [7, 11) is 2.19. The van der Waals surface area contributed by atoms with E-state index in [0.717, 1.165) is 6.54 Å². The van der Waals surface area contributed by atoms with Gasteiger partial charge in [-0.15, -0.1) is 0 Å². The smallest absolute Gasteiger partial charge is 0.0546 e. The fourth-order valence-corrected chi connectivity index (χ4v) is 3.19. The maximum Gasteiger partial charge on any atom is 0.0546 e. The van der Waals surface area contributed by atoms with Gasteiger partial charge in [-0.2, -0.15) is 0 Å². The molecule has 94 valence electrons. The van der Waals surface area contributed by atoms with Crippen LogP contribution in [0.3, 0.4) is 0 Å². The molecule has 2 atom stereocenters. The average Bonchev–Trinajstić information content (AvgIpc) is 2.71. The third kappa shape index (κ3) is 2.06. The molecule has 1 aromatic rings. The van der Waals surface area contributed by atoms with Gasteiger partial charge in [0.25, 0.3) is 0 Å². The van der Waals surface area contributed by atoms with Crippen LogP contribution in [0.1, 0.15) is 31.7 Å². The highest BCUT2D eigenvalue weighted by molar-refractivity contribution is 5.50. The maximum absolute atomic E-state index is 6.09. The minimum Gasteiger partial charge on any atom is -0.367 e. The second-order valence-electron chi connectivity index (χ2n) is 5.50. The van der Waals surface area contributed by atoms with E-state index in [2.05, 4.69) is 50.1 Å². The van der Waals surface area contributed by atoms with Crippen LogP contribution in [0.4, 0.5) is 5.69 Å². The summed E-state index contributed by atoms with van der Waals surface area (Å²) in [6, 6.07) is 8.76. The van der Waals surface area contributed by atoms with Crippen molar-refractivity contribution in [3.63, 3.8) is 0 Å². The summed E-state index contributed by atoms with van der Waals surface area (Å²) < 4.78 is 0. The van der Waals surface area contributed by atoms with Gasteiger partial charge in [0.05, 0.1) is 5.54 Å². The van der Waals surface area contributed by atoms with Gasteiger partial charge in [-0.25, -0.2) is 0 Å². The largest absolute Gasteiger partial charge is 0.367 e. The normalized spacial score (nSPS) is 28.4. The third-order valence-electron chi connectivity index (χ3n) is 4.61. The summed E-state index contributed by atoms with van der Waals surface area (Å²) in [6.45, 7) is 5.21. The van der Waals surface area contributed by atoms with Crippen LogP contribution in [0.25, 0.3) is 0 Å². The highest BCUT2D eigenvalue weighted by Gasteiger charge is 2.42. The molecule has 0 saturated heterocycles. The Kier molecular flexibility index (Phi) is 3.43. The van der Waals surface area contributed by atoms with Gasteiger partial charge in [0.2, 0.25) is 0 Å². The molecule has 2 N–H and O–H groups in total.